The van der Waals surface area contributed by atoms with Crippen LogP contribution in [0.3, 0.4) is 0 Å². The van der Waals surface area contributed by atoms with E-state index in [4.69, 9.17) is 7.16 Å². The third kappa shape index (κ3) is 2.80. The van der Waals surface area contributed by atoms with E-state index in [0.29, 0.717) is 5.56 Å². The van der Waals surface area contributed by atoms with E-state index in [2.05, 4.69) is 24.0 Å². The SMILES string of the molecule is [2H]C([2H])(c1ccc(-c2cc3c(cc2C)oc2ccncc23)[n+](C)c1)C(C)C. The van der Waals surface area contributed by atoms with Gasteiger partial charge in [-0.05, 0) is 49.0 Å². The molecule has 0 aliphatic heterocycles. The van der Waals surface area contributed by atoms with Crippen LogP contribution in [0.15, 0.2) is 53.3 Å². The smallest absolute Gasteiger partial charge is 0.212 e. The maximum absolute atomic E-state index is 8.35. The minimum Gasteiger partial charge on any atom is -0.456 e. The number of fused-ring (bicyclic) bond motifs is 3. The van der Waals surface area contributed by atoms with Crippen molar-refractivity contribution >= 4 is 21.9 Å². The van der Waals surface area contributed by atoms with Crippen molar-refractivity contribution in [2.75, 3.05) is 0 Å². The Hall–Kier alpha value is -2.68. The first kappa shape index (κ1) is 13.6. The average molecular weight is 333 g/mol. The lowest BCUT2D eigenvalue weighted by Crippen LogP contribution is -2.31. The van der Waals surface area contributed by atoms with Crippen molar-refractivity contribution < 1.29 is 11.7 Å². The van der Waals surface area contributed by atoms with Gasteiger partial charge in [0, 0.05) is 43.1 Å². The van der Waals surface area contributed by atoms with E-state index in [0.717, 1.165) is 38.8 Å². The van der Waals surface area contributed by atoms with Crippen molar-refractivity contribution in [3.63, 3.8) is 0 Å². The van der Waals surface area contributed by atoms with Gasteiger partial charge >= 0.3 is 0 Å². The van der Waals surface area contributed by atoms with Crippen molar-refractivity contribution in [3.05, 3.63) is 60.0 Å². The predicted octanol–water partition coefficient (Wildman–Crippen LogP) is 4.98. The Labute approximate surface area is 150 Å². The molecule has 3 aromatic heterocycles. The van der Waals surface area contributed by atoms with E-state index in [9.17, 15) is 0 Å². The van der Waals surface area contributed by atoms with Gasteiger partial charge in [0.25, 0.3) is 0 Å². The summed E-state index contributed by atoms with van der Waals surface area (Å²) in [5, 5.41) is 2.05. The molecule has 25 heavy (non-hydrogen) atoms. The van der Waals surface area contributed by atoms with Crippen LogP contribution in [0.25, 0.3) is 33.2 Å². The summed E-state index contributed by atoms with van der Waals surface area (Å²) in [5.41, 5.74) is 5.64. The van der Waals surface area contributed by atoms with Crippen LogP contribution >= 0.6 is 0 Å². The van der Waals surface area contributed by atoms with Gasteiger partial charge in [0.2, 0.25) is 5.69 Å². The lowest BCUT2D eigenvalue weighted by Gasteiger charge is -2.08. The lowest BCUT2D eigenvalue weighted by atomic mass is 9.99. The van der Waals surface area contributed by atoms with E-state index in [1.165, 1.54) is 0 Å². The Balaban J connectivity index is 1.89. The standard InChI is InChI=1S/C22H23N2O/c1-14(2)9-16-5-6-20(24(4)13-16)17-11-18-19-12-23-8-7-21(19)25-22(18)10-15(17)3/h5-8,10-14H,9H2,1-4H3/q+1/i9D2. The van der Waals surface area contributed by atoms with Crippen molar-refractivity contribution in [1.29, 1.82) is 0 Å². The first-order valence-corrected chi connectivity index (χ1v) is 8.56. The number of nitrogens with zero attached hydrogens (tertiary/aromatic N) is 2. The number of hydrogen-bond donors (Lipinski definition) is 0. The Morgan fingerprint density at radius 1 is 1.16 bits per heavy atom. The molecule has 3 heteroatoms. The molecule has 0 amide bonds. The summed E-state index contributed by atoms with van der Waals surface area (Å²) in [6.07, 6.45) is 4.11. The second-order valence-corrected chi connectivity index (χ2v) is 6.85. The molecule has 0 atom stereocenters. The molecule has 126 valence electrons. The number of aromatic nitrogens is 2. The summed E-state index contributed by atoms with van der Waals surface area (Å²) < 4.78 is 24.6. The zero-order chi connectivity index (χ0) is 19.3. The molecule has 0 radical (unpaired) electrons. The molecule has 4 aromatic rings. The van der Waals surface area contributed by atoms with Gasteiger partial charge in [-0.15, -0.1) is 0 Å². The molecule has 0 saturated heterocycles. The summed E-state index contributed by atoms with van der Waals surface area (Å²) in [4.78, 5) is 4.23. The zero-order valence-corrected chi connectivity index (χ0v) is 15.0. The fourth-order valence-corrected chi connectivity index (χ4v) is 3.35. The van der Waals surface area contributed by atoms with Crippen LogP contribution in [0.4, 0.5) is 0 Å². The first-order valence-electron chi connectivity index (χ1n) is 9.56. The molecule has 0 bridgehead atoms. The number of pyridine rings is 2. The van der Waals surface area contributed by atoms with Crippen LogP contribution in [0, 0.1) is 12.8 Å². The van der Waals surface area contributed by atoms with Crippen LogP contribution < -0.4 is 4.57 Å². The molecule has 0 aliphatic carbocycles. The number of furan rings is 1. The maximum atomic E-state index is 8.35. The third-order valence-corrected chi connectivity index (χ3v) is 4.48. The predicted molar refractivity (Wildman–Crippen MR) is 101 cm³/mol. The van der Waals surface area contributed by atoms with Crippen LogP contribution in [0.1, 0.15) is 27.7 Å². The van der Waals surface area contributed by atoms with E-state index < -0.39 is 6.37 Å². The largest absolute Gasteiger partial charge is 0.456 e. The summed E-state index contributed by atoms with van der Waals surface area (Å²) in [5.74, 6) is -0.0915. The lowest BCUT2D eigenvalue weighted by molar-refractivity contribution is -0.660. The molecule has 0 unspecified atom stereocenters. The van der Waals surface area contributed by atoms with Gasteiger partial charge in [-0.1, -0.05) is 13.8 Å². The van der Waals surface area contributed by atoms with Gasteiger partial charge < -0.3 is 4.42 Å². The quantitative estimate of drug-likeness (QED) is 0.495. The van der Waals surface area contributed by atoms with E-state index in [-0.39, 0.29) is 5.92 Å². The summed E-state index contributed by atoms with van der Waals surface area (Å²) >= 11 is 0. The van der Waals surface area contributed by atoms with Gasteiger partial charge in [0.15, 0.2) is 6.20 Å². The molecular formula is C22H23N2O+. The fourth-order valence-electron chi connectivity index (χ4n) is 3.35. The number of hydrogen-bond acceptors (Lipinski definition) is 2. The van der Waals surface area contributed by atoms with Crippen LogP contribution in [-0.2, 0) is 13.4 Å². The molecule has 1 aromatic carbocycles. The Bertz CT molecular complexity index is 1160. The topological polar surface area (TPSA) is 29.9 Å². The highest BCUT2D eigenvalue weighted by atomic mass is 16.3. The van der Waals surface area contributed by atoms with Gasteiger partial charge in [-0.25, -0.2) is 4.57 Å². The van der Waals surface area contributed by atoms with Crippen LogP contribution in [0.5, 0.6) is 0 Å². The van der Waals surface area contributed by atoms with Crippen molar-refractivity contribution in [2.45, 2.75) is 27.1 Å². The second-order valence-electron chi connectivity index (χ2n) is 6.85. The minimum atomic E-state index is -1.36. The molecule has 0 aliphatic rings. The Kier molecular flexibility index (Phi) is 3.26. The second kappa shape index (κ2) is 5.99. The van der Waals surface area contributed by atoms with Gasteiger partial charge in [-0.3, -0.25) is 4.98 Å². The van der Waals surface area contributed by atoms with Crippen LogP contribution in [0.2, 0.25) is 0 Å². The minimum absolute atomic E-state index is 0.0915. The summed E-state index contributed by atoms with van der Waals surface area (Å²) in [6.45, 7) is 5.88. The maximum Gasteiger partial charge on any atom is 0.212 e. The molecule has 0 N–H and O–H groups in total. The van der Waals surface area contributed by atoms with Gasteiger partial charge in [-0.2, -0.15) is 0 Å². The highest BCUT2D eigenvalue weighted by Crippen LogP contribution is 2.33. The van der Waals surface area contributed by atoms with E-state index in [1.807, 2.05) is 56.1 Å². The molecule has 0 saturated carbocycles. The van der Waals surface area contributed by atoms with E-state index >= 15 is 0 Å². The van der Waals surface area contributed by atoms with Gasteiger partial charge in [0.1, 0.15) is 18.2 Å². The highest BCUT2D eigenvalue weighted by Gasteiger charge is 2.17. The number of benzene rings is 1. The van der Waals surface area contributed by atoms with Gasteiger partial charge in [0.05, 0.1) is 0 Å². The fraction of sp³-hybridized carbons (Fsp3) is 0.273. The average Bonchev–Trinajstić information content (AvgIpc) is 2.98. The van der Waals surface area contributed by atoms with Crippen LogP contribution in [-0.4, -0.2) is 4.98 Å². The van der Waals surface area contributed by atoms with Crippen molar-refractivity contribution in [2.24, 2.45) is 13.0 Å². The third-order valence-electron chi connectivity index (χ3n) is 4.48. The molecule has 0 fully saturated rings. The monoisotopic (exact) mass is 333 g/mol. The van der Waals surface area contributed by atoms with Crippen molar-refractivity contribution in [1.82, 2.24) is 4.98 Å². The first-order chi connectivity index (χ1) is 12.8. The molecule has 0 spiro atoms. The molecule has 3 heterocycles. The zero-order valence-electron chi connectivity index (χ0n) is 17.0. The Morgan fingerprint density at radius 3 is 2.76 bits per heavy atom. The molecule has 3 nitrogen and oxygen atoms in total. The summed E-state index contributed by atoms with van der Waals surface area (Å²) in [6, 6.07) is 9.99. The van der Waals surface area contributed by atoms with Crippen molar-refractivity contribution in [3.8, 4) is 11.3 Å². The summed E-state index contributed by atoms with van der Waals surface area (Å²) in [7, 11) is 1.97. The number of aryl methyl sites for hydroxylation is 2. The highest BCUT2D eigenvalue weighted by molar-refractivity contribution is 6.06. The number of rotatable bonds is 3. The molecule has 4 rings (SSSR count). The normalized spacial score (nSPS) is 13.5. The molecular weight excluding hydrogens is 308 g/mol. The van der Waals surface area contributed by atoms with E-state index in [1.54, 1.807) is 6.20 Å². The Morgan fingerprint density at radius 2 is 2.00 bits per heavy atom.